The van der Waals surface area contributed by atoms with Crippen molar-refractivity contribution >= 4 is 15.9 Å². The number of aryl methyl sites for hydroxylation is 1. The van der Waals surface area contributed by atoms with E-state index in [1.165, 1.54) is 0 Å². The van der Waals surface area contributed by atoms with Crippen molar-refractivity contribution in [1.29, 1.82) is 0 Å². The second kappa shape index (κ2) is 5.83. The van der Waals surface area contributed by atoms with Gasteiger partial charge in [0.1, 0.15) is 6.61 Å². The van der Waals surface area contributed by atoms with E-state index in [9.17, 15) is 0 Å². The summed E-state index contributed by atoms with van der Waals surface area (Å²) in [5.41, 5.74) is 6.97. The molecule has 1 rings (SSSR count). The lowest BCUT2D eigenvalue weighted by molar-refractivity contribution is 0.200. The van der Waals surface area contributed by atoms with Gasteiger partial charge < -0.3 is 10.5 Å². The van der Waals surface area contributed by atoms with Crippen LogP contribution in [0.3, 0.4) is 0 Å². The van der Waals surface area contributed by atoms with Crippen LogP contribution in [0.1, 0.15) is 32.8 Å². The second-order valence-corrected chi connectivity index (χ2v) is 6.17. The van der Waals surface area contributed by atoms with Gasteiger partial charge in [0, 0.05) is 22.3 Å². The van der Waals surface area contributed by atoms with Crippen LogP contribution in [0.5, 0.6) is 5.88 Å². The Bertz CT molecular complexity index is 378. The van der Waals surface area contributed by atoms with Gasteiger partial charge in [-0.15, -0.1) is 0 Å². The van der Waals surface area contributed by atoms with Crippen LogP contribution in [-0.4, -0.2) is 17.1 Å². The van der Waals surface area contributed by atoms with E-state index in [0.29, 0.717) is 18.4 Å². The number of hydrogen-bond donors (Lipinski definition) is 1. The van der Waals surface area contributed by atoms with Crippen molar-refractivity contribution in [2.75, 3.05) is 6.61 Å². The van der Waals surface area contributed by atoms with E-state index in [4.69, 9.17) is 10.5 Å². The molecule has 1 aromatic heterocycles. The van der Waals surface area contributed by atoms with Gasteiger partial charge in [-0.1, -0.05) is 13.8 Å². The predicted octanol–water partition coefficient (Wildman–Crippen LogP) is 3.29. The van der Waals surface area contributed by atoms with Crippen LogP contribution in [0.2, 0.25) is 0 Å². The summed E-state index contributed by atoms with van der Waals surface area (Å²) in [6, 6.07) is 1.91. The summed E-state index contributed by atoms with van der Waals surface area (Å²) in [5.74, 6) is 1.19. The van der Waals surface area contributed by atoms with Gasteiger partial charge in [0.05, 0.1) is 0 Å². The number of rotatable bonds is 5. The maximum atomic E-state index is 6.17. The summed E-state index contributed by atoms with van der Waals surface area (Å²) in [6.45, 7) is 8.83. The number of ether oxygens (including phenoxy) is 1. The fourth-order valence-electron chi connectivity index (χ4n) is 1.82. The molecule has 96 valence electrons. The number of nitrogens with zero attached hydrogens (tertiary/aromatic N) is 1. The molecule has 0 unspecified atom stereocenters. The van der Waals surface area contributed by atoms with Gasteiger partial charge >= 0.3 is 0 Å². The van der Waals surface area contributed by atoms with E-state index < -0.39 is 0 Å². The van der Waals surface area contributed by atoms with E-state index in [0.717, 1.165) is 16.5 Å². The van der Waals surface area contributed by atoms with Crippen molar-refractivity contribution in [3.05, 3.63) is 22.3 Å². The molecule has 0 saturated carbocycles. The van der Waals surface area contributed by atoms with Crippen molar-refractivity contribution in [1.82, 2.24) is 4.98 Å². The van der Waals surface area contributed by atoms with Crippen LogP contribution in [0.4, 0.5) is 0 Å². The van der Waals surface area contributed by atoms with Crippen LogP contribution in [0.15, 0.2) is 16.7 Å². The zero-order chi connectivity index (χ0) is 13.1. The highest BCUT2D eigenvalue weighted by atomic mass is 79.9. The summed E-state index contributed by atoms with van der Waals surface area (Å²) in [7, 11) is 0. The van der Waals surface area contributed by atoms with Crippen LogP contribution in [-0.2, 0) is 0 Å². The fraction of sp³-hybridized carbons (Fsp3) is 0.615. The van der Waals surface area contributed by atoms with E-state index in [1.54, 1.807) is 6.20 Å². The molecule has 0 fully saturated rings. The summed E-state index contributed by atoms with van der Waals surface area (Å²) in [4.78, 5) is 4.20. The standard InChI is InChI=1S/C13H21BrN2O/c1-9(2)6-13(4,15)8-17-12-5-10(3)11(14)7-16-12/h5,7,9H,6,8,15H2,1-4H3/t13-/m0/s1. The highest BCUT2D eigenvalue weighted by molar-refractivity contribution is 9.10. The molecule has 2 N–H and O–H groups in total. The lowest BCUT2D eigenvalue weighted by Gasteiger charge is -2.26. The maximum absolute atomic E-state index is 6.17. The number of hydrogen-bond acceptors (Lipinski definition) is 3. The molecule has 4 heteroatoms. The van der Waals surface area contributed by atoms with E-state index in [1.807, 2.05) is 19.9 Å². The quantitative estimate of drug-likeness (QED) is 0.908. The van der Waals surface area contributed by atoms with E-state index in [2.05, 4.69) is 34.8 Å². The molecule has 0 aliphatic heterocycles. The molecule has 1 heterocycles. The monoisotopic (exact) mass is 300 g/mol. The minimum atomic E-state index is -0.309. The van der Waals surface area contributed by atoms with Crippen LogP contribution < -0.4 is 10.5 Å². The Morgan fingerprint density at radius 3 is 2.71 bits per heavy atom. The fourth-order valence-corrected chi connectivity index (χ4v) is 2.04. The third-order valence-corrected chi connectivity index (χ3v) is 3.28. The highest BCUT2D eigenvalue weighted by Crippen LogP contribution is 2.20. The first-order chi connectivity index (χ1) is 7.80. The molecule has 0 saturated heterocycles. The molecule has 0 amide bonds. The summed E-state index contributed by atoms with van der Waals surface area (Å²) < 4.78 is 6.64. The van der Waals surface area contributed by atoms with E-state index >= 15 is 0 Å². The zero-order valence-corrected chi connectivity index (χ0v) is 12.5. The lowest BCUT2D eigenvalue weighted by Crippen LogP contribution is -2.43. The van der Waals surface area contributed by atoms with Gasteiger partial charge in [-0.2, -0.15) is 0 Å². The first-order valence-corrected chi connectivity index (χ1v) is 6.63. The summed E-state index contributed by atoms with van der Waals surface area (Å²) >= 11 is 3.41. The molecule has 1 aromatic rings. The average molecular weight is 301 g/mol. The Morgan fingerprint density at radius 2 is 2.18 bits per heavy atom. The number of aromatic nitrogens is 1. The number of pyridine rings is 1. The van der Waals surface area contributed by atoms with Crippen LogP contribution in [0, 0.1) is 12.8 Å². The SMILES string of the molecule is Cc1cc(OC[C@@](C)(N)CC(C)C)ncc1Br. The van der Waals surface area contributed by atoms with Crippen molar-refractivity contribution < 1.29 is 4.74 Å². The molecular weight excluding hydrogens is 280 g/mol. The maximum Gasteiger partial charge on any atom is 0.213 e. The minimum Gasteiger partial charge on any atom is -0.476 e. The number of halogens is 1. The molecule has 0 aliphatic carbocycles. The smallest absolute Gasteiger partial charge is 0.213 e. The first kappa shape index (κ1) is 14.5. The Morgan fingerprint density at radius 1 is 1.53 bits per heavy atom. The summed E-state index contributed by atoms with van der Waals surface area (Å²) in [5, 5.41) is 0. The molecule has 0 aromatic carbocycles. The Kier molecular flexibility index (Phi) is 4.95. The van der Waals surface area contributed by atoms with Crippen molar-refractivity contribution in [3.63, 3.8) is 0 Å². The normalized spacial score (nSPS) is 14.8. The van der Waals surface area contributed by atoms with Gasteiger partial charge in [0.25, 0.3) is 0 Å². The first-order valence-electron chi connectivity index (χ1n) is 5.84. The van der Waals surface area contributed by atoms with Gasteiger partial charge in [0.15, 0.2) is 0 Å². The molecule has 3 nitrogen and oxygen atoms in total. The van der Waals surface area contributed by atoms with Gasteiger partial charge in [-0.05, 0) is 47.7 Å². The van der Waals surface area contributed by atoms with E-state index in [-0.39, 0.29) is 5.54 Å². The molecule has 0 aliphatic rings. The van der Waals surface area contributed by atoms with Crippen molar-refractivity contribution in [2.24, 2.45) is 11.7 Å². The molecule has 17 heavy (non-hydrogen) atoms. The second-order valence-electron chi connectivity index (χ2n) is 5.31. The van der Waals surface area contributed by atoms with Crippen molar-refractivity contribution in [3.8, 4) is 5.88 Å². The third kappa shape index (κ3) is 5.04. The molecule has 0 bridgehead atoms. The predicted molar refractivity (Wildman–Crippen MR) is 74.2 cm³/mol. The van der Waals surface area contributed by atoms with Crippen LogP contribution >= 0.6 is 15.9 Å². The van der Waals surface area contributed by atoms with Crippen LogP contribution in [0.25, 0.3) is 0 Å². The molecule has 1 atom stereocenters. The third-order valence-electron chi connectivity index (χ3n) is 2.45. The Labute approximate surface area is 112 Å². The largest absolute Gasteiger partial charge is 0.476 e. The molecular formula is C13H21BrN2O. The highest BCUT2D eigenvalue weighted by Gasteiger charge is 2.21. The Balaban J connectivity index is 2.58. The summed E-state index contributed by atoms with van der Waals surface area (Å²) in [6.07, 6.45) is 2.68. The Hall–Kier alpha value is -0.610. The van der Waals surface area contributed by atoms with Crippen molar-refractivity contribution in [2.45, 2.75) is 39.7 Å². The average Bonchev–Trinajstić information content (AvgIpc) is 2.18. The minimum absolute atomic E-state index is 0.309. The molecule has 0 radical (unpaired) electrons. The molecule has 0 spiro atoms. The van der Waals surface area contributed by atoms with Gasteiger partial charge in [-0.25, -0.2) is 4.98 Å². The van der Waals surface area contributed by atoms with Gasteiger partial charge in [-0.3, -0.25) is 0 Å². The topological polar surface area (TPSA) is 48.1 Å². The lowest BCUT2D eigenvalue weighted by atomic mass is 9.93. The number of nitrogens with two attached hydrogens (primary N) is 1. The van der Waals surface area contributed by atoms with Gasteiger partial charge in [0.2, 0.25) is 5.88 Å². The zero-order valence-electron chi connectivity index (χ0n) is 11.0.